The molecule has 0 aliphatic carbocycles. The van der Waals surface area contributed by atoms with Crippen LogP contribution in [0.5, 0.6) is 5.75 Å². The maximum Gasteiger partial charge on any atom is 0.272 e. The topological polar surface area (TPSA) is 141 Å². The Bertz CT molecular complexity index is 1130. The average Bonchev–Trinajstić information content (AvgIpc) is 3.21. The summed E-state index contributed by atoms with van der Waals surface area (Å²) in [6.45, 7) is 4.28. The van der Waals surface area contributed by atoms with Crippen molar-refractivity contribution in [2.24, 2.45) is 5.73 Å². The SMILES string of the molecule is CCOc1ccc(N(C(=O)c2snc(C(N)=O)c2N)[C@H](C)C(=O)NCc2ccccc2)cc1. The van der Waals surface area contributed by atoms with E-state index in [-0.39, 0.29) is 22.2 Å². The Balaban J connectivity index is 1.91. The van der Waals surface area contributed by atoms with Crippen LogP contribution < -0.4 is 26.4 Å². The highest BCUT2D eigenvalue weighted by Crippen LogP contribution is 2.28. The Morgan fingerprint density at radius 2 is 1.79 bits per heavy atom. The van der Waals surface area contributed by atoms with E-state index in [1.54, 1.807) is 31.2 Å². The van der Waals surface area contributed by atoms with Gasteiger partial charge in [-0.2, -0.15) is 4.37 Å². The predicted octanol–water partition coefficient (Wildman–Crippen LogP) is 2.57. The number of benzene rings is 2. The quantitative estimate of drug-likeness (QED) is 0.442. The molecule has 3 aromatic rings. The number of rotatable bonds is 9. The molecular formula is C23H25N5O4S. The lowest BCUT2D eigenvalue weighted by molar-refractivity contribution is -0.122. The monoisotopic (exact) mass is 467 g/mol. The minimum Gasteiger partial charge on any atom is -0.494 e. The second kappa shape index (κ2) is 10.6. The van der Waals surface area contributed by atoms with Crippen LogP contribution in [-0.4, -0.2) is 34.7 Å². The van der Waals surface area contributed by atoms with Gasteiger partial charge in [-0.1, -0.05) is 30.3 Å². The zero-order valence-corrected chi connectivity index (χ0v) is 19.1. The third kappa shape index (κ3) is 5.47. The molecule has 0 aliphatic heterocycles. The Hall–Kier alpha value is -3.92. The molecule has 2 aromatic carbocycles. The fraction of sp³-hybridized carbons (Fsp3) is 0.217. The van der Waals surface area contributed by atoms with Gasteiger partial charge in [-0.15, -0.1) is 0 Å². The largest absolute Gasteiger partial charge is 0.494 e. The van der Waals surface area contributed by atoms with E-state index in [4.69, 9.17) is 16.2 Å². The fourth-order valence-electron chi connectivity index (χ4n) is 3.17. The molecule has 0 spiro atoms. The number of nitrogens with zero attached hydrogens (tertiary/aromatic N) is 2. The van der Waals surface area contributed by atoms with E-state index in [2.05, 4.69) is 9.69 Å². The number of aromatic nitrogens is 1. The fourth-order valence-corrected chi connectivity index (χ4v) is 3.92. The van der Waals surface area contributed by atoms with Crippen molar-refractivity contribution in [2.75, 3.05) is 17.2 Å². The first kappa shape index (κ1) is 23.7. The highest BCUT2D eigenvalue weighted by Gasteiger charge is 2.32. The molecule has 172 valence electrons. The van der Waals surface area contributed by atoms with E-state index in [1.165, 1.54) is 4.90 Å². The lowest BCUT2D eigenvalue weighted by Crippen LogP contribution is -2.48. The van der Waals surface area contributed by atoms with Crippen molar-refractivity contribution in [3.05, 3.63) is 70.7 Å². The molecule has 0 radical (unpaired) electrons. The van der Waals surface area contributed by atoms with Gasteiger partial charge in [0.2, 0.25) is 5.91 Å². The third-order valence-corrected chi connectivity index (χ3v) is 5.73. The van der Waals surface area contributed by atoms with Crippen molar-refractivity contribution < 1.29 is 19.1 Å². The Labute approximate surface area is 195 Å². The summed E-state index contributed by atoms with van der Waals surface area (Å²) >= 11 is 0.763. The van der Waals surface area contributed by atoms with E-state index in [0.717, 1.165) is 17.1 Å². The summed E-state index contributed by atoms with van der Waals surface area (Å²) in [7, 11) is 0. The van der Waals surface area contributed by atoms with Gasteiger partial charge in [0.25, 0.3) is 11.8 Å². The Morgan fingerprint density at radius 1 is 1.12 bits per heavy atom. The first-order valence-corrected chi connectivity index (χ1v) is 11.0. The highest BCUT2D eigenvalue weighted by atomic mass is 32.1. The van der Waals surface area contributed by atoms with Crippen LogP contribution in [0.4, 0.5) is 11.4 Å². The molecule has 5 N–H and O–H groups in total. The normalized spacial score (nSPS) is 11.5. The molecule has 1 atom stereocenters. The molecule has 10 heteroatoms. The number of carbonyl (C=O) groups excluding carboxylic acids is 3. The number of primary amides is 1. The molecule has 3 rings (SSSR count). The number of amides is 3. The number of nitrogen functional groups attached to an aromatic ring is 1. The van der Waals surface area contributed by atoms with Crippen molar-refractivity contribution >= 4 is 40.6 Å². The summed E-state index contributed by atoms with van der Waals surface area (Å²) in [5.41, 5.74) is 12.4. The Kier molecular flexibility index (Phi) is 7.62. The maximum atomic E-state index is 13.5. The van der Waals surface area contributed by atoms with Gasteiger partial charge in [0.15, 0.2) is 5.69 Å². The van der Waals surface area contributed by atoms with Gasteiger partial charge in [-0.05, 0) is 55.2 Å². The van der Waals surface area contributed by atoms with Crippen LogP contribution in [0, 0.1) is 0 Å². The van der Waals surface area contributed by atoms with E-state index < -0.39 is 17.9 Å². The second-order valence-corrected chi connectivity index (χ2v) is 7.89. The summed E-state index contributed by atoms with van der Waals surface area (Å²) in [4.78, 5) is 39.4. The molecule has 3 amide bonds. The van der Waals surface area contributed by atoms with Crippen LogP contribution in [0.1, 0.15) is 39.6 Å². The van der Waals surface area contributed by atoms with Gasteiger partial charge in [0.1, 0.15) is 16.7 Å². The number of carbonyl (C=O) groups is 3. The lowest BCUT2D eigenvalue weighted by Gasteiger charge is -2.28. The van der Waals surface area contributed by atoms with E-state index in [9.17, 15) is 14.4 Å². The van der Waals surface area contributed by atoms with Crippen LogP contribution in [0.15, 0.2) is 54.6 Å². The molecule has 0 bridgehead atoms. The van der Waals surface area contributed by atoms with Gasteiger partial charge in [-0.25, -0.2) is 0 Å². The van der Waals surface area contributed by atoms with Crippen molar-refractivity contribution in [2.45, 2.75) is 26.4 Å². The summed E-state index contributed by atoms with van der Waals surface area (Å²) in [6, 6.07) is 15.3. The van der Waals surface area contributed by atoms with E-state index in [1.807, 2.05) is 37.3 Å². The van der Waals surface area contributed by atoms with Crippen LogP contribution in [0.25, 0.3) is 0 Å². The maximum absolute atomic E-state index is 13.5. The van der Waals surface area contributed by atoms with Crippen molar-refractivity contribution in [3.8, 4) is 5.75 Å². The van der Waals surface area contributed by atoms with Crippen molar-refractivity contribution in [3.63, 3.8) is 0 Å². The predicted molar refractivity (Wildman–Crippen MR) is 127 cm³/mol. The third-order valence-electron chi connectivity index (χ3n) is 4.88. The van der Waals surface area contributed by atoms with Crippen molar-refractivity contribution in [1.29, 1.82) is 0 Å². The van der Waals surface area contributed by atoms with E-state index >= 15 is 0 Å². The van der Waals surface area contributed by atoms with Gasteiger partial charge < -0.3 is 21.5 Å². The second-order valence-electron chi connectivity index (χ2n) is 7.12. The standard InChI is InChI=1S/C23H25N5O4S/c1-3-32-17-11-9-16(10-12-17)28(23(31)20-18(24)19(21(25)29)27-33-20)14(2)22(30)26-13-15-7-5-4-6-8-15/h4-12,14H,3,13,24H2,1-2H3,(H2,25,29)(H,26,30)/t14-/m1/s1. The van der Waals surface area contributed by atoms with Crippen LogP contribution in [-0.2, 0) is 11.3 Å². The molecule has 0 fully saturated rings. The van der Waals surface area contributed by atoms with Gasteiger partial charge >= 0.3 is 0 Å². The van der Waals surface area contributed by atoms with Crippen LogP contribution >= 0.6 is 11.5 Å². The molecule has 0 aliphatic rings. The summed E-state index contributed by atoms with van der Waals surface area (Å²) in [5, 5.41) is 2.85. The summed E-state index contributed by atoms with van der Waals surface area (Å²) in [5.74, 6) is -1.13. The molecular weight excluding hydrogens is 442 g/mol. The molecule has 33 heavy (non-hydrogen) atoms. The number of anilines is 2. The van der Waals surface area contributed by atoms with Crippen LogP contribution in [0.2, 0.25) is 0 Å². The average molecular weight is 468 g/mol. The Morgan fingerprint density at radius 3 is 2.36 bits per heavy atom. The smallest absolute Gasteiger partial charge is 0.272 e. The zero-order valence-electron chi connectivity index (χ0n) is 18.3. The summed E-state index contributed by atoms with van der Waals surface area (Å²) < 4.78 is 9.37. The first-order valence-electron chi connectivity index (χ1n) is 10.3. The molecule has 0 unspecified atom stereocenters. The first-order chi connectivity index (χ1) is 15.8. The number of nitrogens with one attached hydrogen (secondary N) is 1. The number of ether oxygens (including phenoxy) is 1. The molecule has 1 heterocycles. The number of nitrogens with two attached hydrogens (primary N) is 2. The number of hydrogen-bond acceptors (Lipinski definition) is 7. The molecule has 1 aromatic heterocycles. The highest BCUT2D eigenvalue weighted by molar-refractivity contribution is 7.09. The number of hydrogen-bond donors (Lipinski definition) is 3. The minimum absolute atomic E-state index is 0.0281. The zero-order chi connectivity index (χ0) is 24.0. The van der Waals surface area contributed by atoms with E-state index in [0.29, 0.717) is 24.6 Å². The molecule has 0 saturated carbocycles. The summed E-state index contributed by atoms with van der Waals surface area (Å²) in [6.07, 6.45) is 0. The molecule has 0 saturated heterocycles. The van der Waals surface area contributed by atoms with Gasteiger partial charge in [-0.3, -0.25) is 19.3 Å². The van der Waals surface area contributed by atoms with Gasteiger partial charge in [0, 0.05) is 12.2 Å². The minimum atomic E-state index is -0.891. The lowest BCUT2D eigenvalue weighted by atomic mass is 10.1. The van der Waals surface area contributed by atoms with Crippen LogP contribution in [0.3, 0.4) is 0 Å². The van der Waals surface area contributed by atoms with Crippen molar-refractivity contribution in [1.82, 2.24) is 9.69 Å². The van der Waals surface area contributed by atoms with Gasteiger partial charge in [0.05, 0.1) is 12.3 Å². The molecule has 9 nitrogen and oxygen atoms in total.